The van der Waals surface area contributed by atoms with Gasteiger partial charge in [-0.3, -0.25) is 4.90 Å². The Morgan fingerprint density at radius 1 is 1.21 bits per heavy atom. The van der Waals surface area contributed by atoms with Gasteiger partial charge >= 0.3 is 0 Å². The van der Waals surface area contributed by atoms with Crippen molar-refractivity contribution in [3.63, 3.8) is 0 Å². The average molecular weight is 399 g/mol. The average Bonchev–Trinajstić information content (AvgIpc) is 2.72. The van der Waals surface area contributed by atoms with E-state index in [4.69, 9.17) is 26.3 Å². The minimum absolute atomic E-state index is 0.109. The molecular formula is C19H19ClN6O2. The van der Waals surface area contributed by atoms with Gasteiger partial charge in [0.1, 0.15) is 23.6 Å². The van der Waals surface area contributed by atoms with Crippen LogP contribution < -0.4 is 14.8 Å². The van der Waals surface area contributed by atoms with Gasteiger partial charge in [-0.25, -0.2) is 4.98 Å². The van der Waals surface area contributed by atoms with Crippen LogP contribution in [0.4, 0.5) is 5.82 Å². The number of hydrogen-bond acceptors (Lipinski definition) is 8. The van der Waals surface area contributed by atoms with Crippen LogP contribution in [0.25, 0.3) is 0 Å². The van der Waals surface area contributed by atoms with Crippen LogP contribution in [0.1, 0.15) is 22.3 Å². The fourth-order valence-corrected chi connectivity index (χ4v) is 3.52. The SMILES string of the molecule is COc1ccc(CN2CCc3c(C#N)c(Cl)nc(NCC#N)c3C2)c(OC)n1. The number of rotatable bonds is 6. The maximum atomic E-state index is 9.46. The Kier molecular flexibility index (Phi) is 6.15. The molecule has 2 aromatic rings. The lowest BCUT2D eigenvalue weighted by Gasteiger charge is -2.31. The molecule has 3 heterocycles. The van der Waals surface area contributed by atoms with Gasteiger partial charge in [0.2, 0.25) is 11.8 Å². The van der Waals surface area contributed by atoms with E-state index in [2.05, 4.69) is 26.3 Å². The minimum atomic E-state index is 0.109. The highest BCUT2D eigenvalue weighted by Gasteiger charge is 2.26. The molecule has 0 saturated heterocycles. The van der Waals surface area contributed by atoms with Crippen LogP contribution in [0.2, 0.25) is 5.15 Å². The first-order chi connectivity index (χ1) is 13.6. The van der Waals surface area contributed by atoms with Gasteiger partial charge in [0.15, 0.2) is 0 Å². The molecule has 1 aliphatic rings. The van der Waals surface area contributed by atoms with Gasteiger partial charge in [-0.1, -0.05) is 11.6 Å². The summed E-state index contributed by atoms with van der Waals surface area (Å²) in [7, 11) is 3.13. The number of anilines is 1. The molecule has 8 nitrogen and oxygen atoms in total. The van der Waals surface area contributed by atoms with Crippen LogP contribution >= 0.6 is 11.6 Å². The van der Waals surface area contributed by atoms with Gasteiger partial charge in [0.05, 0.1) is 25.9 Å². The monoisotopic (exact) mass is 398 g/mol. The van der Waals surface area contributed by atoms with E-state index in [-0.39, 0.29) is 11.7 Å². The summed E-state index contributed by atoms with van der Waals surface area (Å²) in [6.45, 7) is 2.03. The second kappa shape index (κ2) is 8.75. The summed E-state index contributed by atoms with van der Waals surface area (Å²) in [6, 6.07) is 7.91. The van der Waals surface area contributed by atoms with E-state index in [1.165, 1.54) is 0 Å². The third-order valence-electron chi connectivity index (χ3n) is 4.58. The highest BCUT2D eigenvalue weighted by molar-refractivity contribution is 6.30. The number of halogens is 1. The molecule has 0 amide bonds. The fourth-order valence-electron chi connectivity index (χ4n) is 3.28. The Morgan fingerprint density at radius 3 is 2.71 bits per heavy atom. The van der Waals surface area contributed by atoms with Crippen molar-refractivity contribution in [1.29, 1.82) is 10.5 Å². The highest BCUT2D eigenvalue weighted by atomic mass is 35.5. The zero-order valence-corrected chi connectivity index (χ0v) is 16.4. The number of nitrogens with zero attached hydrogens (tertiary/aromatic N) is 5. The van der Waals surface area contributed by atoms with Crippen LogP contribution in [0, 0.1) is 22.7 Å². The first-order valence-electron chi connectivity index (χ1n) is 8.63. The van der Waals surface area contributed by atoms with E-state index >= 15 is 0 Å². The third-order valence-corrected chi connectivity index (χ3v) is 4.86. The Hall–Kier alpha value is -3.07. The van der Waals surface area contributed by atoms with Gasteiger partial charge in [-0.15, -0.1) is 0 Å². The molecule has 0 bridgehead atoms. The number of nitriles is 2. The van der Waals surface area contributed by atoms with Crippen molar-refractivity contribution >= 4 is 17.4 Å². The molecule has 0 radical (unpaired) electrons. The Balaban J connectivity index is 1.90. The van der Waals surface area contributed by atoms with E-state index in [1.54, 1.807) is 20.3 Å². The zero-order valence-electron chi connectivity index (χ0n) is 15.6. The molecule has 3 rings (SSSR count). The Morgan fingerprint density at radius 2 is 2.04 bits per heavy atom. The summed E-state index contributed by atoms with van der Waals surface area (Å²) in [6.07, 6.45) is 0.660. The van der Waals surface area contributed by atoms with Gasteiger partial charge in [0, 0.05) is 36.8 Å². The first kappa shape index (κ1) is 19.7. The summed E-state index contributed by atoms with van der Waals surface area (Å²) in [5, 5.41) is 21.5. The standard InChI is InChI=1S/C19H19ClN6O2/c1-27-16-4-3-12(19(24-16)28-2)10-26-8-5-13-14(9-22)17(20)25-18(15(13)11-26)23-7-6-21/h3-4H,5,7-8,10-11H2,1-2H3,(H,23,25). The Labute approximate surface area is 168 Å². The molecule has 0 fully saturated rings. The normalized spacial score (nSPS) is 13.2. The maximum Gasteiger partial charge on any atom is 0.220 e. The second-order valence-electron chi connectivity index (χ2n) is 6.19. The topological polar surface area (TPSA) is 107 Å². The quantitative estimate of drug-likeness (QED) is 0.584. The first-order valence-corrected chi connectivity index (χ1v) is 9.01. The van der Waals surface area contributed by atoms with E-state index in [9.17, 15) is 5.26 Å². The minimum Gasteiger partial charge on any atom is -0.481 e. The number of aromatic nitrogens is 2. The lowest BCUT2D eigenvalue weighted by molar-refractivity contribution is 0.240. The summed E-state index contributed by atoms with van der Waals surface area (Å²) in [4.78, 5) is 10.8. The summed E-state index contributed by atoms with van der Waals surface area (Å²) < 4.78 is 10.5. The van der Waals surface area contributed by atoms with Crippen LogP contribution in [-0.4, -0.2) is 42.2 Å². The fraction of sp³-hybridized carbons (Fsp3) is 0.368. The largest absolute Gasteiger partial charge is 0.481 e. The summed E-state index contributed by atoms with van der Waals surface area (Å²) in [5.41, 5.74) is 3.12. The van der Waals surface area contributed by atoms with E-state index < -0.39 is 0 Å². The predicted octanol–water partition coefficient (Wildman–Crippen LogP) is 2.51. The van der Waals surface area contributed by atoms with Crippen molar-refractivity contribution in [2.24, 2.45) is 0 Å². The Bertz CT molecular complexity index is 966. The predicted molar refractivity (Wildman–Crippen MR) is 103 cm³/mol. The van der Waals surface area contributed by atoms with Crippen LogP contribution in [0.3, 0.4) is 0 Å². The number of hydrogen-bond donors (Lipinski definition) is 1. The van der Waals surface area contributed by atoms with Crippen molar-refractivity contribution in [3.05, 3.63) is 39.5 Å². The lowest BCUT2D eigenvalue weighted by Crippen LogP contribution is -2.32. The zero-order chi connectivity index (χ0) is 20.1. The van der Waals surface area contributed by atoms with Gasteiger partial charge in [-0.2, -0.15) is 15.5 Å². The molecule has 0 unspecified atom stereocenters. The third kappa shape index (κ3) is 3.94. The molecule has 1 aliphatic heterocycles. The van der Waals surface area contributed by atoms with E-state index in [1.807, 2.05) is 12.1 Å². The highest BCUT2D eigenvalue weighted by Crippen LogP contribution is 2.32. The van der Waals surface area contributed by atoms with Crippen molar-refractivity contribution in [1.82, 2.24) is 14.9 Å². The smallest absolute Gasteiger partial charge is 0.220 e. The number of pyridine rings is 2. The lowest BCUT2D eigenvalue weighted by atomic mass is 9.96. The molecule has 144 valence electrons. The summed E-state index contributed by atoms with van der Waals surface area (Å²) >= 11 is 6.17. The van der Waals surface area contributed by atoms with Gasteiger partial charge < -0.3 is 14.8 Å². The molecule has 9 heteroatoms. The van der Waals surface area contributed by atoms with Gasteiger partial charge in [0.25, 0.3) is 0 Å². The number of nitrogens with one attached hydrogen (secondary N) is 1. The number of fused-ring (bicyclic) bond motifs is 1. The van der Waals surface area contributed by atoms with E-state index in [0.29, 0.717) is 42.7 Å². The molecule has 0 atom stereocenters. The summed E-state index contributed by atoms with van der Waals surface area (Å²) in [5.74, 6) is 1.55. The second-order valence-corrected chi connectivity index (χ2v) is 6.55. The molecule has 0 saturated carbocycles. The molecule has 2 aromatic heterocycles. The van der Waals surface area contributed by atoms with Crippen LogP contribution in [0.15, 0.2) is 12.1 Å². The van der Waals surface area contributed by atoms with Crippen molar-refractivity contribution in [2.45, 2.75) is 19.5 Å². The van der Waals surface area contributed by atoms with Crippen LogP contribution in [-0.2, 0) is 19.5 Å². The molecule has 0 aliphatic carbocycles. The van der Waals surface area contributed by atoms with Crippen molar-refractivity contribution < 1.29 is 9.47 Å². The van der Waals surface area contributed by atoms with Crippen molar-refractivity contribution in [3.8, 4) is 23.9 Å². The van der Waals surface area contributed by atoms with Crippen LogP contribution in [0.5, 0.6) is 11.8 Å². The molecule has 0 spiro atoms. The molecule has 28 heavy (non-hydrogen) atoms. The maximum absolute atomic E-state index is 9.46. The van der Waals surface area contributed by atoms with E-state index in [0.717, 1.165) is 23.2 Å². The number of ether oxygens (including phenoxy) is 2. The van der Waals surface area contributed by atoms with Gasteiger partial charge in [-0.05, 0) is 18.1 Å². The molecule has 1 N–H and O–H groups in total. The molecular weight excluding hydrogens is 380 g/mol. The number of methoxy groups -OCH3 is 2. The van der Waals surface area contributed by atoms with Crippen molar-refractivity contribution in [2.75, 3.05) is 32.6 Å². The molecule has 0 aromatic carbocycles.